The maximum atomic E-state index is 11.9. The van der Waals surface area contributed by atoms with Crippen LogP contribution in [0.2, 0.25) is 0 Å². The predicted octanol–water partition coefficient (Wildman–Crippen LogP) is 0.267. The molecule has 2 heterocycles. The molecule has 8 nitrogen and oxygen atoms in total. The predicted molar refractivity (Wildman–Crippen MR) is 88.3 cm³/mol. The Morgan fingerprint density at radius 2 is 2.04 bits per heavy atom. The van der Waals surface area contributed by atoms with E-state index in [-0.39, 0.29) is 11.8 Å². The molecule has 1 fully saturated rings. The second-order valence-corrected chi connectivity index (χ2v) is 8.64. The van der Waals surface area contributed by atoms with Crippen LogP contribution in [0.1, 0.15) is 33.0 Å². The Bertz CT molecular complexity index is 600. The third-order valence-electron chi connectivity index (χ3n) is 4.56. The number of rotatable bonds is 8. The summed E-state index contributed by atoms with van der Waals surface area (Å²) < 4.78 is 28.4. The smallest absolute Gasteiger partial charge is 0.211 e. The van der Waals surface area contributed by atoms with Crippen molar-refractivity contribution in [1.29, 1.82) is 0 Å². The number of aromatic nitrogens is 4. The molecule has 1 aliphatic rings. The van der Waals surface area contributed by atoms with Gasteiger partial charge in [0.25, 0.3) is 0 Å². The summed E-state index contributed by atoms with van der Waals surface area (Å²) in [5, 5.41) is 11.5. The molecule has 9 heteroatoms. The largest absolute Gasteiger partial charge is 0.301 e. The first kappa shape index (κ1) is 18.3. The lowest BCUT2D eigenvalue weighted by Crippen LogP contribution is -2.42. The monoisotopic (exact) mass is 344 g/mol. The van der Waals surface area contributed by atoms with Gasteiger partial charge in [0.15, 0.2) is 0 Å². The minimum atomic E-state index is -3.16. The number of nitrogens with one attached hydrogen (secondary N) is 1. The number of sulfonamides is 1. The summed E-state index contributed by atoms with van der Waals surface area (Å²) in [7, 11) is -3.16. The summed E-state index contributed by atoms with van der Waals surface area (Å²) in [6.45, 7) is 11.3. The molecule has 2 atom stereocenters. The minimum absolute atomic E-state index is 0.00900. The molecule has 0 radical (unpaired) electrons. The summed E-state index contributed by atoms with van der Waals surface area (Å²) in [6, 6.07) is 0.00900. The van der Waals surface area contributed by atoms with Crippen molar-refractivity contribution in [2.45, 2.75) is 46.7 Å². The summed E-state index contributed by atoms with van der Waals surface area (Å²) in [6.07, 6.45) is 0.948. The molecule has 0 aliphatic carbocycles. The van der Waals surface area contributed by atoms with Gasteiger partial charge >= 0.3 is 0 Å². The third kappa shape index (κ3) is 4.95. The van der Waals surface area contributed by atoms with Crippen LogP contribution in [0.3, 0.4) is 0 Å². The van der Waals surface area contributed by atoms with Crippen molar-refractivity contribution < 1.29 is 8.42 Å². The van der Waals surface area contributed by atoms with Gasteiger partial charge in [-0.05, 0) is 49.1 Å². The molecule has 0 spiro atoms. The van der Waals surface area contributed by atoms with E-state index in [1.165, 1.54) is 0 Å². The van der Waals surface area contributed by atoms with Crippen LogP contribution in [0.5, 0.6) is 0 Å². The molecule has 0 amide bonds. The molecule has 0 bridgehead atoms. The first-order valence-electron chi connectivity index (χ1n) is 8.27. The normalized spacial score (nSPS) is 23.0. The zero-order valence-corrected chi connectivity index (χ0v) is 15.3. The van der Waals surface area contributed by atoms with Crippen LogP contribution in [0.4, 0.5) is 0 Å². The molecule has 1 aromatic rings. The van der Waals surface area contributed by atoms with Gasteiger partial charge in [0.1, 0.15) is 5.82 Å². The molecular weight excluding hydrogens is 316 g/mol. The topological polar surface area (TPSA) is 93.0 Å². The van der Waals surface area contributed by atoms with Crippen molar-refractivity contribution in [2.75, 3.05) is 25.4 Å². The molecule has 1 saturated heterocycles. The summed E-state index contributed by atoms with van der Waals surface area (Å²) in [5.74, 6) is 1.75. The van der Waals surface area contributed by atoms with E-state index in [0.29, 0.717) is 11.8 Å². The fourth-order valence-electron chi connectivity index (χ4n) is 3.11. The van der Waals surface area contributed by atoms with Gasteiger partial charge in [0.2, 0.25) is 10.0 Å². The van der Waals surface area contributed by atoms with Crippen LogP contribution in [-0.2, 0) is 16.6 Å². The SMILES string of the molecule is CCS(=O)(=O)N[C@@H]1CN(CCCn2nnnc2C)C[C@H]1C(C)C. The van der Waals surface area contributed by atoms with Crippen LogP contribution in [0.15, 0.2) is 0 Å². The zero-order chi connectivity index (χ0) is 17.0. The molecule has 132 valence electrons. The fourth-order valence-corrected chi connectivity index (χ4v) is 3.99. The van der Waals surface area contributed by atoms with E-state index in [2.05, 4.69) is 39.0 Å². The summed E-state index contributed by atoms with van der Waals surface area (Å²) in [4.78, 5) is 2.34. The minimum Gasteiger partial charge on any atom is -0.301 e. The Kier molecular flexibility index (Phi) is 6.10. The fraction of sp³-hybridized carbons (Fsp3) is 0.929. The van der Waals surface area contributed by atoms with E-state index in [0.717, 1.165) is 38.4 Å². The van der Waals surface area contributed by atoms with Crippen molar-refractivity contribution in [3.8, 4) is 0 Å². The first-order valence-corrected chi connectivity index (χ1v) is 9.92. The van der Waals surface area contributed by atoms with Crippen molar-refractivity contribution in [3.05, 3.63) is 5.82 Å². The number of hydrogen-bond donors (Lipinski definition) is 1. The number of hydrogen-bond acceptors (Lipinski definition) is 6. The second kappa shape index (κ2) is 7.67. The van der Waals surface area contributed by atoms with Gasteiger partial charge in [0, 0.05) is 25.7 Å². The van der Waals surface area contributed by atoms with Gasteiger partial charge in [-0.15, -0.1) is 5.10 Å². The van der Waals surface area contributed by atoms with Gasteiger partial charge < -0.3 is 4.90 Å². The first-order chi connectivity index (χ1) is 10.8. The number of nitrogens with zero attached hydrogens (tertiary/aromatic N) is 5. The number of aryl methyl sites for hydroxylation is 2. The maximum absolute atomic E-state index is 11.9. The molecule has 1 aromatic heterocycles. The Balaban J connectivity index is 1.88. The lowest BCUT2D eigenvalue weighted by atomic mass is 9.92. The highest BCUT2D eigenvalue weighted by Gasteiger charge is 2.36. The van der Waals surface area contributed by atoms with Crippen LogP contribution in [0.25, 0.3) is 0 Å². The average molecular weight is 344 g/mol. The standard InChI is InChI=1S/C14H28N6O2S/c1-5-23(21,22)16-14-10-19(9-13(14)11(2)3)7-6-8-20-12(4)15-17-18-20/h11,13-14,16H,5-10H2,1-4H3/t13-,14+/m0/s1. The van der Waals surface area contributed by atoms with Crippen LogP contribution in [-0.4, -0.2) is 65.0 Å². The number of tetrazole rings is 1. The maximum Gasteiger partial charge on any atom is 0.211 e. The van der Waals surface area contributed by atoms with E-state index in [4.69, 9.17) is 0 Å². The molecule has 2 rings (SSSR count). The average Bonchev–Trinajstić information content (AvgIpc) is 3.06. The van der Waals surface area contributed by atoms with E-state index < -0.39 is 10.0 Å². The lowest BCUT2D eigenvalue weighted by molar-refractivity contribution is 0.291. The van der Waals surface area contributed by atoms with E-state index in [1.807, 2.05) is 6.92 Å². The third-order valence-corrected chi connectivity index (χ3v) is 5.99. The Labute approximate surface area is 138 Å². The highest BCUT2D eigenvalue weighted by Crippen LogP contribution is 2.25. The number of likely N-dealkylation sites (tertiary alicyclic amines) is 1. The highest BCUT2D eigenvalue weighted by molar-refractivity contribution is 7.89. The van der Waals surface area contributed by atoms with Crippen LogP contribution >= 0.6 is 0 Å². The molecule has 23 heavy (non-hydrogen) atoms. The van der Waals surface area contributed by atoms with E-state index in [1.54, 1.807) is 11.6 Å². The van der Waals surface area contributed by atoms with Gasteiger partial charge in [-0.25, -0.2) is 17.8 Å². The van der Waals surface area contributed by atoms with Crippen LogP contribution in [0, 0.1) is 18.8 Å². The Hall–Kier alpha value is -1.06. The Morgan fingerprint density at radius 3 is 2.61 bits per heavy atom. The molecular formula is C14H28N6O2S. The van der Waals surface area contributed by atoms with E-state index in [9.17, 15) is 8.42 Å². The molecule has 0 aromatic carbocycles. The van der Waals surface area contributed by atoms with Gasteiger partial charge in [-0.2, -0.15) is 0 Å². The van der Waals surface area contributed by atoms with Gasteiger partial charge in [0.05, 0.1) is 5.75 Å². The zero-order valence-electron chi connectivity index (χ0n) is 14.4. The molecule has 0 unspecified atom stereocenters. The quantitative estimate of drug-likeness (QED) is 0.727. The lowest BCUT2D eigenvalue weighted by Gasteiger charge is -2.22. The van der Waals surface area contributed by atoms with Gasteiger partial charge in [-0.1, -0.05) is 13.8 Å². The van der Waals surface area contributed by atoms with Gasteiger partial charge in [-0.3, -0.25) is 0 Å². The summed E-state index contributed by atoms with van der Waals surface area (Å²) in [5.41, 5.74) is 0. The van der Waals surface area contributed by atoms with Crippen LogP contribution < -0.4 is 4.72 Å². The summed E-state index contributed by atoms with van der Waals surface area (Å²) >= 11 is 0. The Morgan fingerprint density at radius 1 is 1.30 bits per heavy atom. The molecule has 0 saturated carbocycles. The second-order valence-electron chi connectivity index (χ2n) is 6.60. The van der Waals surface area contributed by atoms with Crippen molar-refractivity contribution in [1.82, 2.24) is 29.8 Å². The van der Waals surface area contributed by atoms with Crippen molar-refractivity contribution in [2.24, 2.45) is 11.8 Å². The molecule has 1 N–H and O–H groups in total. The van der Waals surface area contributed by atoms with Crippen molar-refractivity contribution >= 4 is 10.0 Å². The van der Waals surface area contributed by atoms with Crippen molar-refractivity contribution in [3.63, 3.8) is 0 Å². The van der Waals surface area contributed by atoms with E-state index >= 15 is 0 Å². The highest BCUT2D eigenvalue weighted by atomic mass is 32.2. The molecule has 1 aliphatic heterocycles.